The minimum Gasteiger partial charge on any atom is -0.434 e. The van der Waals surface area contributed by atoms with E-state index in [1.54, 1.807) is 0 Å². The van der Waals surface area contributed by atoms with Crippen LogP contribution in [0.5, 0.6) is 0 Å². The van der Waals surface area contributed by atoms with Gasteiger partial charge in [0.2, 0.25) is 0 Å². The van der Waals surface area contributed by atoms with Crippen LogP contribution >= 0.6 is 0 Å². The molecule has 0 N–H and O–H groups in total. The molecule has 0 saturated carbocycles. The van der Waals surface area contributed by atoms with Crippen molar-refractivity contribution >= 4 is 6.16 Å². The van der Waals surface area contributed by atoms with Gasteiger partial charge in [-0.15, -0.1) is 0 Å². The lowest BCUT2D eigenvalue weighted by atomic mass is 9.94. The van der Waals surface area contributed by atoms with Crippen LogP contribution in [0.4, 0.5) is 4.79 Å². The molecule has 1 aromatic carbocycles. The third kappa shape index (κ3) is 9.65. The number of ether oxygens (including phenoxy) is 2. The lowest BCUT2D eigenvalue weighted by Gasteiger charge is -2.12. The van der Waals surface area contributed by atoms with Crippen LogP contribution in [0.25, 0.3) is 0 Å². The van der Waals surface area contributed by atoms with Gasteiger partial charge in [0.05, 0.1) is 6.61 Å². The summed E-state index contributed by atoms with van der Waals surface area (Å²) in [6.45, 7) is 8.58. The standard InChI is InChI=1S/C23H36O3/c1-4-7-9-12-20-15-16-21(22(19-20)13-10-8-5-2)14-11-18-26-23(24)25-17-6-3/h6,15-16,19H,3-5,7-14,17-18H2,1-2H3. The highest BCUT2D eigenvalue weighted by Crippen LogP contribution is 2.19. The number of unbranched alkanes of at least 4 members (excludes halogenated alkanes) is 4. The van der Waals surface area contributed by atoms with E-state index in [9.17, 15) is 4.79 Å². The summed E-state index contributed by atoms with van der Waals surface area (Å²) < 4.78 is 9.90. The zero-order chi connectivity index (χ0) is 19.0. The molecule has 0 unspecified atom stereocenters. The summed E-state index contributed by atoms with van der Waals surface area (Å²) in [5, 5.41) is 0. The quantitative estimate of drug-likeness (QED) is 0.218. The number of carbonyl (C=O) groups excluding carboxylic acids is 1. The third-order valence-corrected chi connectivity index (χ3v) is 4.52. The number of benzene rings is 1. The first kappa shape index (κ1) is 22.3. The first-order chi connectivity index (χ1) is 12.7. The largest absolute Gasteiger partial charge is 0.508 e. The molecule has 26 heavy (non-hydrogen) atoms. The van der Waals surface area contributed by atoms with Crippen LogP contribution in [0.1, 0.15) is 75.5 Å². The molecule has 0 bridgehead atoms. The van der Waals surface area contributed by atoms with Crippen LogP contribution in [0, 0.1) is 0 Å². The number of rotatable bonds is 14. The van der Waals surface area contributed by atoms with Crippen LogP contribution in [0.3, 0.4) is 0 Å². The van der Waals surface area contributed by atoms with E-state index in [1.807, 2.05) is 0 Å². The molecule has 0 amide bonds. The summed E-state index contributed by atoms with van der Waals surface area (Å²) in [4.78, 5) is 11.3. The first-order valence-corrected chi connectivity index (χ1v) is 10.2. The van der Waals surface area contributed by atoms with Gasteiger partial charge in [-0.3, -0.25) is 0 Å². The van der Waals surface area contributed by atoms with E-state index < -0.39 is 6.16 Å². The Hall–Kier alpha value is -1.77. The average molecular weight is 361 g/mol. The number of carbonyl (C=O) groups is 1. The smallest absolute Gasteiger partial charge is 0.434 e. The fraction of sp³-hybridized carbons (Fsp3) is 0.609. The Morgan fingerprint density at radius 1 is 0.923 bits per heavy atom. The Bertz CT molecular complexity index is 522. The summed E-state index contributed by atoms with van der Waals surface area (Å²) in [5.41, 5.74) is 4.32. The van der Waals surface area contributed by atoms with Crippen molar-refractivity contribution in [3.63, 3.8) is 0 Å². The topological polar surface area (TPSA) is 35.5 Å². The molecule has 3 heteroatoms. The Balaban J connectivity index is 2.54. The second kappa shape index (κ2) is 14.4. The molecule has 1 aromatic rings. The molecule has 0 saturated heterocycles. The molecule has 1 rings (SSSR count). The number of hydrogen-bond donors (Lipinski definition) is 0. The Kier molecular flexibility index (Phi) is 12.3. The molecule has 3 nitrogen and oxygen atoms in total. The molecule has 146 valence electrons. The predicted molar refractivity (Wildman–Crippen MR) is 109 cm³/mol. The van der Waals surface area contributed by atoms with Crippen molar-refractivity contribution in [2.75, 3.05) is 13.2 Å². The Labute approximate surface area is 159 Å². The van der Waals surface area contributed by atoms with Gasteiger partial charge in [-0.25, -0.2) is 4.79 Å². The highest BCUT2D eigenvalue weighted by Gasteiger charge is 2.07. The molecule has 0 aromatic heterocycles. The van der Waals surface area contributed by atoms with Crippen molar-refractivity contribution in [1.29, 1.82) is 0 Å². The summed E-state index contributed by atoms with van der Waals surface area (Å²) in [6.07, 6.45) is 12.6. The number of aryl methyl sites for hydroxylation is 3. The summed E-state index contributed by atoms with van der Waals surface area (Å²) in [7, 11) is 0. The van der Waals surface area contributed by atoms with Crippen molar-refractivity contribution < 1.29 is 14.3 Å². The molecule has 0 radical (unpaired) electrons. The van der Waals surface area contributed by atoms with Gasteiger partial charge in [0, 0.05) is 0 Å². The highest BCUT2D eigenvalue weighted by molar-refractivity contribution is 5.59. The van der Waals surface area contributed by atoms with Crippen molar-refractivity contribution in [3.05, 3.63) is 47.5 Å². The highest BCUT2D eigenvalue weighted by atomic mass is 16.7. The Morgan fingerprint density at radius 3 is 2.31 bits per heavy atom. The fourth-order valence-electron chi connectivity index (χ4n) is 3.04. The van der Waals surface area contributed by atoms with Gasteiger partial charge in [-0.1, -0.05) is 70.4 Å². The second-order valence-corrected chi connectivity index (χ2v) is 6.82. The minimum absolute atomic E-state index is 0.194. The summed E-state index contributed by atoms with van der Waals surface area (Å²) in [5.74, 6) is 0. The Morgan fingerprint density at radius 2 is 1.62 bits per heavy atom. The predicted octanol–water partition coefficient (Wildman–Crippen LogP) is 6.42. The molecule has 0 heterocycles. The maximum absolute atomic E-state index is 11.3. The van der Waals surface area contributed by atoms with Gasteiger partial charge in [0.15, 0.2) is 0 Å². The molecular formula is C23H36O3. The summed E-state index contributed by atoms with van der Waals surface area (Å²) in [6, 6.07) is 6.95. The fourth-order valence-corrected chi connectivity index (χ4v) is 3.04. The van der Waals surface area contributed by atoms with Crippen LogP contribution in [0.15, 0.2) is 30.9 Å². The van der Waals surface area contributed by atoms with Crippen molar-refractivity contribution in [2.24, 2.45) is 0 Å². The van der Waals surface area contributed by atoms with E-state index in [0.29, 0.717) is 6.61 Å². The van der Waals surface area contributed by atoms with Crippen LogP contribution < -0.4 is 0 Å². The van der Waals surface area contributed by atoms with E-state index in [-0.39, 0.29) is 6.61 Å². The van der Waals surface area contributed by atoms with E-state index >= 15 is 0 Å². The van der Waals surface area contributed by atoms with E-state index in [4.69, 9.17) is 9.47 Å². The van der Waals surface area contributed by atoms with Crippen molar-refractivity contribution in [1.82, 2.24) is 0 Å². The van der Waals surface area contributed by atoms with Crippen molar-refractivity contribution in [3.8, 4) is 0 Å². The van der Waals surface area contributed by atoms with Crippen LogP contribution in [-0.2, 0) is 28.7 Å². The van der Waals surface area contributed by atoms with E-state index in [1.165, 1.54) is 67.7 Å². The SMILES string of the molecule is C=CCOC(=O)OCCCc1ccc(CCCCC)cc1CCCCC. The molecule has 0 spiro atoms. The number of hydrogen-bond acceptors (Lipinski definition) is 3. The molecule has 0 aliphatic carbocycles. The first-order valence-electron chi connectivity index (χ1n) is 10.2. The normalized spacial score (nSPS) is 10.5. The average Bonchev–Trinajstić information content (AvgIpc) is 2.65. The summed E-state index contributed by atoms with van der Waals surface area (Å²) >= 11 is 0. The van der Waals surface area contributed by atoms with E-state index in [0.717, 1.165) is 19.3 Å². The van der Waals surface area contributed by atoms with Gasteiger partial charge in [0.1, 0.15) is 6.61 Å². The minimum atomic E-state index is -0.612. The van der Waals surface area contributed by atoms with Gasteiger partial charge < -0.3 is 9.47 Å². The molecule has 0 aliphatic heterocycles. The van der Waals surface area contributed by atoms with Crippen molar-refractivity contribution in [2.45, 2.75) is 78.1 Å². The van der Waals surface area contributed by atoms with Gasteiger partial charge in [-0.2, -0.15) is 0 Å². The monoisotopic (exact) mass is 360 g/mol. The third-order valence-electron chi connectivity index (χ3n) is 4.52. The van der Waals surface area contributed by atoms with Crippen LogP contribution in [-0.4, -0.2) is 19.4 Å². The second-order valence-electron chi connectivity index (χ2n) is 6.82. The van der Waals surface area contributed by atoms with Gasteiger partial charge in [-0.05, 0) is 55.2 Å². The molecule has 0 aliphatic rings. The zero-order valence-corrected chi connectivity index (χ0v) is 16.7. The lowest BCUT2D eigenvalue weighted by molar-refractivity contribution is 0.0625. The lowest BCUT2D eigenvalue weighted by Crippen LogP contribution is -2.09. The zero-order valence-electron chi connectivity index (χ0n) is 16.7. The molecular weight excluding hydrogens is 324 g/mol. The maximum atomic E-state index is 11.3. The molecule has 0 fully saturated rings. The maximum Gasteiger partial charge on any atom is 0.508 e. The van der Waals surface area contributed by atoms with Crippen LogP contribution in [0.2, 0.25) is 0 Å². The molecule has 0 atom stereocenters. The van der Waals surface area contributed by atoms with E-state index in [2.05, 4.69) is 38.6 Å². The van der Waals surface area contributed by atoms with Gasteiger partial charge >= 0.3 is 6.16 Å². The van der Waals surface area contributed by atoms with Gasteiger partial charge in [0.25, 0.3) is 0 Å².